The summed E-state index contributed by atoms with van der Waals surface area (Å²) in [5, 5.41) is 0. The molecule has 4 heteroatoms. The zero-order chi connectivity index (χ0) is 12.5. The highest BCUT2D eigenvalue weighted by Gasteiger charge is 2.22. The zero-order valence-electron chi connectivity index (χ0n) is 11.2. The van der Waals surface area contributed by atoms with Gasteiger partial charge in [-0.3, -0.25) is 0 Å². The molecule has 1 aliphatic rings. The van der Waals surface area contributed by atoms with E-state index in [-0.39, 0.29) is 5.54 Å². The Morgan fingerprint density at radius 2 is 2.29 bits per heavy atom. The molecule has 0 radical (unpaired) electrons. The molecule has 17 heavy (non-hydrogen) atoms. The molecule has 0 aromatic carbocycles. The SMILES string of the molecule is CN1CCCC1Cn1cncc1CC(C)(C)N. The van der Waals surface area contributed by atoms with E-state index in [1.807, 2.05) is 12.5 Å². The van der Waals surface area contributed by atoms with E-state index < -0.39 is 0 Å². The molecule has 0 spiro atoms. The Labute approximate surface area is 104 Å². The molecule has 1 saturated heterocycles. The maximum absolute atomic E-state index is 6.08. The molecule has 0 saturated carbocycles. The Balaban J connectivity index is 2.03. The summed E-state index contributed by atoms with van der Waals surface area (Å²) < 4.78 is 2.26. The second-order valence-electron chi connectivity index (χ2n) is 5.98. The van der Waals surface area contributed by atoms with Crippen molar-refractivity contribution >= 4 is 0 Å². The van der Waals surface area contributed by atoms with Crippen molar-refractivity contribution in [3.05, 3.63) is 18.2 Å². The van der Waals surface area contributed by atoms with Crippen molar-refractivity contribution < 1.29 is 0 Å². The monoisotopic (exact) mass is 236 g/mol. The third kappa shape index (κ3) is 3.30. The van der Waals surface area contributed by atoms with Gasteiger partial charge in [-0.2, -0.15) is 0 Å². The first kappa shape index (κ1) is 12.6. The van der Waals surface area contributed by atoms with Gasteiger partial charge in [-0.05, 0) is 40.3 Å². The fourth-order valence-electron chi connectivity index (χ4n) is 2.56. The van der Waals surface area contributed by atoms with Gasteiger partial charge in [0.2, 0.25) is 0 Å². The predicted molar refractivity (Wildman–Crippen MR) is 69.8 cm³/mol. The Morgan fingerprint density at radius 1 is 1.53 bits per heavy atom. The van der Waals surface area contributed by atoms with Crippen molar-refractivity contribution in [1.29, 1.82) is 0 Å². The van der Waals surface area contributed by atoms with Crippen molar-refractivity contribution in [1.82, 2.24) is 14.5 Å². The molecule has 1 fully saturated rings. The number of nitrogens with zero attached hydrogens (tertiary/aromatic N) is 3. The topological polar surface area (TPSA) is 47.1 Å². The summed E-state index contributed by atoms with van der Waals surface area (Å²) in [7, 11) is 2.21. The predicted octanol–water partition coefficient (Wildman–Crippen LogP) is 1.26. The minimum atomic E-state index is -0.167. The smallest absolute Gasteiger partial charge is 0.0948 e. The first-order valence-electron chi connectivity index (χ1n) is 6.44. The summed E-state index contributed by atoms with van der Waals surface area (Å²) in [6.07, 6.45) is 7.37. The minimum absolute atomic E-state index is 0.167. The molecule has 0 amide bonds. The highest BCUT2D eigenvalue weighted by atomic mass is 15.2. The highest BCUT2D eigenvalue weighted by molar-refractivity contribution is 5.04. The molecule has 96 valence electrons. The third-order valence-electron chi connectivity index (χ3n) is 3.51. The van der Waals surface area contributed by atoms with Gasteiger partial charge in [0.05, 0.1) is 6.33 Å². The maximum atomic E-state index is 6.08. The largest absolute Gasteiger partial charge is 0.333 e. The van der Waals surface area contributed by atoms with Crippen molar-refractivity contribution in [2.75, 3.05) is 13.6 Å². The summed E-state index contributed by atoms with van der Waals surface area (Å²) in [4.78, 5) is 6.70. The number of aromatic nitrogens is 2. The van der Waals surface area contributed by atoms with Gasteiger partial charge in [0.25, 0.3) is 0 Å². The number of hydrogen-bond donors (Lipinski definition) is 1. The van der Waals surface area contributed by atoms with Crippen LogP contribution in [0.25, 0.3) is 0 Å². The van der Waals surface area contributed by atoms with E-state index in [1.165, 1.54) is 25.1 Å². The number of imidazole rings is 1. The standard InChI is InChI=1S/C13H24N4/c1-13(2,14)7-12-8-15-10-17(12)9-11-5-4-6-16(11)3/h8,10-11H,4-7,9,14H2,1-3H3. The van der Waals surface area contributed by atoms with Crippen LogP contribution in [0.4, 0.5) is 0 Å². The average molecular weight is 236 g/mol. The minimum Gasteiger partial charge on any atom is -0.333 e. The van der Waals surface area contributed by atoms with Crippen LogP contribution in [0, 0.1) is 0 Å². The Hall–Kier alpha value is -0.870. The Morgan fingerprint density at radius 3 is 2.88 bits per heavy atom. The van der Waals surface area contributed by atoms with E-state index in [9.17, 15) is 0 Å². The average Bonchev–Trinajstić information content (AvgIpc) is 2.76. The number of likely N-dealkylation sites (tertiary alicyclic amines) is 1. The molecule has 1 unspecified atom stereocenters. The van der Waals surface area contributed by atoms with E-state index >= 15 is 0 Å². The van der Waals surface area contributed by atoms with Crippen LogP contribution in [0.2, 0.25) is 0 Å². The van der Waals surface area contributed by atoms with Gasteiger partial charge in [0.15, 0.2) is 0 Å². The van der Waals surface area contributed by atoms with E-state index in [1.54, 1.807) is 0 Å². The molecule has 4 nitrogen and oxygen atoms in total. The van der Waals surface area contributed by atoms with Gasteiger partial charge in [-0.25, -0.2) is 4.98 Å². The van der Waals surface area contributed by atoms with Gasteiger partial charge >= 0.3 is 0 Å². The molecular formula is C13H24N4. The van der Waals surface area contributed by atoms with E-state index in [2.05, 4.69) is 35.3 Å². The van der Waals surface area contributed by atoms with Crippen LogP contribution in [-0.2, 0) is 13.0 Å². The summed E-state index contributed by atoms with van der Waals surface area (Å²) >= 11 is 0. The Kier molecular flexibility index (Phi) is 3.54. The lowest BCUT2D eigenvalue weighted by Crippen LogP contribution is -2.36. The number of likely N-dealkylation sites (N-methyl/N-ethyl adjacent to an activating group) is 1. The Bertz CT molecular complexity index is 364. The first-order valence-corrected chi connectivity index (χ1v) is 6.44. The summed E-state index contributed by atoms with van der Waals surface area (Å²) in [6.45, 7) is 6.39. The van der Waals surface area contributed by atoms with Gasteiger partial charge in [0, 0.05) is 36.4 Å². The summed E-state index contributed by atoms with van der Waals surface area (Å²) in [6, 6.07) is 0.656. The van der Waals surface area contributed by atoms with Crippen LogP contribution in [-0.4, -0.2) is 39.6 Å². The van der Waals surface area contributed by atoms with Crippen LogP contribution in [0.15, 0.2) is 12.5 Å². The van der Waals surface area contributed by atoms with Crippen LogP contribution in [0.1, 0.15) is 32.4 Å². The van der Waals surface area contributed by atoms with Gasteiger partial charge in [-0.1, -0.05) is 0 Å². The van der Waals surface area contributed by atoms with Crippen molar-refractivity contribution in [3.63, 3.8) is 0 Å². The van der Waals surface area contributed by atoms with Gasteiger partial charge < -0.3 is 15.2 Å². The fourth-order valence-corrected chi connectivity index (χ4v) is 2.56. The zero-order valence-corrected chi connectivity index (χ0v) is 11.2. The maximum Gasteiger partial charge on any atom is 0.0948 e. The summed E-state index contributed by atoms with van der Waals surface area (Å²) in [5.74, 6) is 0. The van der Waals surface area contributed by atoms with Crippen LogP contribution in [0.3, 0.4) is 0 Å². The van der Waals surface area contributed by atoms with E-state index in [0.29, 0.717) is 6.04 Å². The normalized spacial score (nSPS) is 22.2. The fraction of sp³-hybridized carbons (Fsp3) is 0.769. The number of nitrogens with two attached hydrogens (primary N) is 1. The van der Waals surface area contributed by atoms with E-state index in [4.69, 9.17) is 5.73 Å². The van der Waals surface area contributed by atoms with Crippen LogP contribution in [0.5, 0.6) is 0 Å². The molecular weight excluding hydrogens is 212 g/mol. The molecule has 1 aromatic heterocycles. The first-order chi connectivity index (χ1) is 7.96. The molecule has 1 aromatic rings. The van der Waals surface area contributed by atoms with Crippen molar-refractivity contribution in [2.24, 2.45) is 5.73 Å². The molecule has 0 bridgehead atoms. The quantitative estimate of drug-likeness (QED) is 0.856. The molecule has 2 N–H and O–H groups in total. The lowest BCUT2D eigenvalue weighted by atomic mass is 10.0. The molecule has 1 atom stereocenters. The molecule has 0 aliphatic carbocycles. The lowest BCUT2D eigenvalue weighted by Gasteiger charge is -2.23. The van der Waals surface area contributed by atoms with Crippen LogP contribution >= 0.6 is 0 Å². The number of rotatable bonds is 4. The molecule has 2 heterocycles. The highest BCUT2D eigenvalue weighted by Crippen LogP contribution is 2.18. The number of hydrogen-bond acceptors (Lipinski definition) is 3. The third-order valence-corrected chi connectivity index (χ3v) is 3.51. The summed E-state index contributed by atoms with van der Waals surface area (Å²) in [5.41, 5.74) is 7.16. The van der Waals surface area contributed by atoms with Crippen molar-refractivity contribution in [3.8, 4) is 0 Å². The van der Waals surface area contributed by atoms with E-state index in [0.717, 1.165) is 13.0 Å². The molecule has 1 aliphatic heterocycles. The second kappa shape index (κ2) is 4.78. The van der Waals surface area contributed by atoms with Gasteiger partial charge in [-0.15, -0.1) is 0 Å². The van der Waals surface area contributed by atoms with Crippen molar-refractivity contribution in [2.45, 2.75) is 51.2 Å². The second-order valence-corrected chi connectivity index (χ2v) is 5.98. The van der Waals surface area contributed by atoms with Crippen LogP contribution < -0.4 is 5.73 Å². The molecule has 2 rings (SSSR count). The van der Waals surface area contributed by atoms with Gasteiger partial charge in [0.1, 0.15) is 0 Å². The lowest BCUT2D eigenvalue weighted by molar-refractivity contribution is 0.279.